The van der Waals surface area contributed by atoms with E-state index in [0.717, 1.165) is 11.5 Å². The Morgan fingerprint density at radius 1 is 1.44 bits per heavy atom. The third-order valence-electron chi connectivity index (χ3n) is 2.13. The highest BCUT2D eigenvalue weighted by molar-refractivity contribution is 5.87. The Balaban J connectivity index is 2.54. The highest BCUT2D eigenvalue weighted by atomic mass is 19.1. The van der Waals surface area contributed by atoms with E-state index >= 15 is 0 Å². The Bertz CT molecular complexity index is 578. The van der Waals surface area contributed by atoms with Crippen molar-refractivity contribution >= 4 is 22.9 Å². The maximum atomic E-state index is 13.5. The van der Waals surface area contributed by atoms with Gasteiger partial charge in [0.05, 0.1) is 5.52 Å². The lowest BCUT2D eigenvalue weighted by molar-refractivity contribution is -0.131. The van der Waals surface area contributed by atoms with E-state index in [2.05, 4.69) is 4.98 Å². The molecule has 0 bridgehead atoms. The predicted octanol–water partition coefficient (Wildman–Crippen LogP) is 2.47. The molecule has 0 fully saturated rings. The third-order valence-corrected chi connectivity index (χ3v) is 2.13. The summed E-state index contributed by atoms with van der Waals surface area (Å²) in [5.41, 5.74) is 0.787. The zero-order valence-electron chi connectivity index (χ0n) is 8.22. The zero-order chi connectivity index (χ0) is 11.5. The molecule has 0 radical (unpaired) electrons. The van der Waals surface area contributed by atoms with Crippen LogP contribution in [0.2, 0.25) is 0 Å². The van der Waals surface area contributed by atoms with Gasteiger partial charge in [-0.25, -0.2) is 9.18 Å². The van der Waals surface area contributed by atoms with Crippen molar-refractivity contribution in [3.63, 3.8) is 0 Å². The van der Waals surface area contributed by atoms with Crippen LogP contribution in [-0.4, -0.2) is 16.1 Å². The lowest BCUT2D eigenvalue weighted by Crippen LogP contribution is -1.89. The number of hydrogen-bond donors (Lipinski definition) is 1. The van der Waals surface area contributed by atoms with Gasteiger partial charge in [-0.05, 0) is 18.2 Å². The molecule has 0 aliphatic rings. The molecule has 2 rings (SSSR count). The molecule has 16 heavy (non-hydrogen) atoms. The Morgan fingerprint density at radius 3 is 3.00 bits per heavy atom. The van der Waals surface area contributed by atoms with Crippen LogP contribution in [-0.2, 0) is 4.79 Å². The van der Waals surface area contributed by atoms with Crippen LogP contribution in [0, 0.1) is 5.82 Å². The third kappa shape index (κ3) is 2.06. The van der Waals surface area contributed by atoms with Crippen LogP contribution < -0.4 is 0 Å². The number of carboxylic acids is 1. The first-order valence-corrected chi connectivity index (χ1v) is 4.62. The molecular weight excluding hydrogens is 209 g/mol. The summed E-state index contributed by atoms with van der Waals surface area (Å²) in [7, 11) is 0. The van der Waals surface area contributed by atoms with Gasteiger partial charge in [0, 0.05) is 29.3 Å². The summed E-state index contributed by atoms with van der Waals surface area (Å²) < 4.78 is 13.5. The predicted molar refractivity (Wildman–Crippen MR) is 58.4 cm³/mol. The fourth-order valence-corrected chi connectivity index (χ4v) is 1.40. The van der Waals surface area contributed by atoms with Crippen molar-refractivity contribution in [2.75, 3.05) is 0 Å². The summed E-state index contributed by atoms with van der Waals surface area (Å²) in [5, 5.41) is 9.23. The number of halogens is 1. The van der Waals surface area contributed by atoms with Gasteiger partial charge in [-0.2, -0.15) is 0 Å². The molecule has 1 N–H and O–H groups in total. The zero-order valence-corrected chi connectivity index (χ0v) is 8.22. The Morgan fingerprint density at radius 2 is 2.25 bits per heavy atom. The number of benzene rings is 1. The van der Waals surface area contributed by atoms with E-state index in [9.17, 15) is 9.18 Å². The van der Waals surface area contributed by atoms with E-state index in [-0.39, 0.29) is 5.56 Å². The number of pyridine rings is 1. The van der Waals surface area contributed by atoms with Crippen LogP contribution in [0.4, 0.5) is 4.39 Å². The maximum Gasteiger partial charge on any atom is 0.328 e. The second kappa shape index (κ2) is 4.10. The monoisotopic (exact) mass is 217 g/mol. The number of aliphatic carboxylic acids is 1. The van der Waals surface area contributed by atoms with Gasteiger partial charge in [0.2, 0.25) is 0 Å². The minimum atomic E-state index is -1.11. The number of carboxylic acid groups (broad SMARTS) is 1. The summed E-state index contributed by atoms with van der Waals surface area (Å²) in [4.78, 5) is 14.3. The van der Waals surface area contributed by atoms with Gasteiger partial charge in [-0.15, -0.1) is 0 Å². The van der Waals surface area contributed by atoms with Crippen molar-refractivity contribution in [1.29, 1.82) is 0 Å². The summed E-state index contributed by atoms with van der Waals surface area (Å²) >= 11 is 0. The first-order chi connectivity index (χ1) is 7.66. The Hall–Kier alpha value is -2.23. The van der Waals surface area contributed by atoms with Crippen LogP contribution in [0.1, 0.15) is 5.56 Å². The van der Waals surface area contributed by atoms with E-state index < -0.39 is 11.8 Å². The second-order valence-electron chi connectivity index (χ2n) is 3.24. The van der Waals surface area contributed by atoms with Crippen LogP contribution >= 0.6 is 0 Å². The molecule has 80 valence electrons. The SMILES string of the molecule is O=C(O)C=Cc1cc2cccnc2cc1F. The van der Waals surface area contributed by atoms with Gasteiger partial charge in [0.25, 0.3) is 0 Å². The van der Waals surface area contributed by atoms with Gasteiger partial charge in [-0.3, -0.25) is 4.98 Å². The van der Waals surface area contributed by atoms with Gasteiger partial charge in [0.15, 0.2) is 0 Å². The number of nitrogens with zero attached hydrogens (tertiary/aromatic N) is 1. The molecule has 0 amide bonds. The summed E-state index contributed by atoms with van der Waals surface area (Å²) in [6.07, 6.45) is 3.71. The van der Waals surface area contributed by atoms with E-state index in [1.165, 1.54) is 12.1 Å². The smallest absolute Gasteiger partial charge is 0.328 e. The average Bonchev–Trinajstić information content (AvgIpc) is 2.26. The lowest BCUT2D eigenvalue weighted by Gasteiger charge is -2.00. The van der Waals surface area contributed by atoms with Crippen LogP contribution in [0.15, 0.2) is 36.5 Å². The molecule has 0 aliphatic carbocycles. The molecule has 2 aromatic rings. The molecule has 0 spiro atoms. The summed E-state index contributed by atoms with van der Waals surface area (Å²) in [6.45, 7) is 0. The molecule has 3 nitrogen and oxygen atoms in total. The van der Waals surface area contributed by atoms with Gasteiger partial charge < -0.3 is 5.11 Å². The number of fused-ring (bicyclic) bond motifs is 1. The number of carbonyl (C=O) groups is 1. The molecular formula is C12H8FNO2. The molecule has 1 aromatic heterocycles. The lowest BCUT2D eigenvalue weighted by atomic mass is 10.1. The molecule has 1 aromatic carbocycles. The highest BCUT2D eigenvalue weighted by Crippen LogP contribution is 2.18. The first kappa shape index (κ1) is 10.3. The van der Waals surface area contributed by atoms with Crippen molar-refractivity contribution in [2.24, 2.45) is 0 Å². The van der Waals surface area contributed by atoms with Gasteiger partial charge in [0.1, 0.15) is 5.82 Å². The first-order valence-electron chi connectivity index (χ1n) is 4.62. The maximum absolute atomic E-state index is 13.5. The topological polar surface area (TPSA) is 50.2 Å². The fourth-order valence-electron chi connectivity index (χ4n) is 1.40. The highest BCUT2D eigenvalue weighted by Gasteiger charge is 2.02. The summed E-state index contributed by atoms with van der Waals surface area (Å²) in [5.74, 6) is -1.59. The Labute approximate surface area is 90.9 Å². The average molecular weight is 217 g/mol. The molecule has 0 saturated carbocycles. The minimum Gasteiger partial charge on any atom is -0.478 e. The number of rotatable bonds is 2. The molecule has 4 heteroatoms. The van der Waals surface area contributed by atoms with E-state index in [4.69, 9.17) is 5.11 Å². The van der Waals surface area contributed by atoms with Crippen LogP contribution in [0.5, 0.6) is 0 Å². The van der Waals surface area contributed by atoms with Gasteiger partial charge in [-0.1, -0.05) is 6.07 Å². The summed E-state index contributed by atoms with van der Waals surface area (Å²) in [6, 6.07) is 6.39. The normalized spacial score (nSPS) is 11.1. The van der Waals surface area contributed by atoms with Crippen molar-refractivity contribution in [3.8, 4) is 0 Å². The second-order valence-corrected chi connectivity index (χ2v) is 3.24. The van der Waals surface area contributed by atoms with Crippen molar-refractivity contribution < 1.29 is 14.3 Å². The minimum absolute atomic E-state index is 0.239. The van der Waals surface area contributed by atoms with E-state index in [1.807, 2.05) is 0 Å². The molecule has 1 heterocycles. The number of hydrogen-bond acceptors (Lipinski definition) is 2. The quantitative estimate of drug-likeness (QED) is 0.786. The van der Waals surface area contributed by atoms with E-state index in [1.54, 1.807) is 24.4 Å². The molecule has 0 saturated heterocycles. The van der Waals surface area contributed by atoms with Crippen LogP contribution in [0.25, 0.3) is 17.0 Å². The van der Waals surface area contributed by atoms with Crippen LogP contribution in [0.3, 0.4) is 0 Å². The fraction of sp³-hybridized carbons (Fsp3) is 0. The van der Waals surface area contributed by atoms with Crippen molar-refractivity contribution in [2.45, 2.75) is 0 Å². The largest absolute Gasteiger partial charge is 0.478 e. The van der Waals surface area contributed by atoms with Crippen molar-refractivity contribution in [3.05, 3.63) is 47.9 Å². The number of aromatic nitrogens is 1. The standard InChI is InChI=1S/C12H8FNO2/c13-10-7-11-9(2-1-5-14-11)6-8(10)3-4-12(15)16/h1-7H,(H,15,16). The molecule has 0 aliphatic heterocycles. The Kier molecular flexibility index (Phi) is 2.64. The van der Waals surface area contributed by atoms with E-state index in [0.29, 0.717) is 5.52 Å². The molecule has 0 atom stereocenters. The molecule has 0 unspecified atom stereocenters. The van der Waals surface area contributed by atoms with Crippen molar-refractivity contribution in [1.82, 2.24) is 4.98 Å². The van der Waals surface area contributed by atoms with Gasteiger partial charge >= 0.3 is 5.97 Å².